The summed E-state index contributed by atoms with van der Waals surface area (Å²) in [5, 5.41) is 4.17. The van der Waals surface area contributed by atoms with Crippen molar-refractivity contribution in [2.75, 3.05) is 44.4 Å². The van der Waals surface area contributed by atoms with E-state index in [1.807, 2.05) is 13.2 Å². The van der Waals surface area contributed by atoms with E-state index in [0.29, 0.717) is 32.8 Å². The van der Waals surface area contributed by atoms with Gasteiger partial charge >= 0.3 is 0 Å². The third kappa shape index (κ3) is 4.02. The molecule has 144 valence electrons. The number of ether oxygens (including phenoxy) is 2. The molecule has 0 radical (unpaired) electrons. The van der Waals surface area contributed by atoms with Gasteiger partial charge in [0.2, 0.25) is 0 Å². The standard InChI is InChI=1S/C19H23FN4O3/c1-22-10-17(8-21-22)24-13-19(27-11-18(24)25)12-23(6-7-26-14-19)9-15-2-4-16(20)5-3-15/h2-5,8,10H,6-7,9,11-14H2,1H3. The first kappa shape index (κ1) is 18.1. The van der Waals surface area contributed by atoms with Crippen molar-refractivity contribution < 1.29 is 18.7 Å². The van der Waals surface area contributed by atoms with Gasteiger partial charge in [-0.25, -0.2) is 4.39 Å². The van der Waals surface area contributed by atoms with Gasteiger partial charge in [0.1, 0.15) is 18.0 Å². The van der Waals surface area contributed by atoms with Crippen molar-refractivity contribution in [3.8, 4) is 0 Å². The minimum Gasteiger partial charge on any atom is -0.377 e. The van der Waals surface area contributed by atoms with Crippen LogP contribution in [0.4, 0.5) is 10.1 Å². The van der Waals surface area contributed by atoms with Crippen LogP contribution in [0.3, 0.4) is 0 Å². The molecule has 0 N–H and O–H groups in total. The van der Waals surface area contributed by atoms with Crippen LogP contribution in [0.25, 0.3) is 0 Å². The Kier molecular flexibility index (Phi) is 4.94. The van der Waals surface area contributed by atoms with Crippen LogP contribution in [-0.4, -0.2) is 65.6 Å². The highest BCUT2D eigenvalue weighted by Crippen LogP contribution is 2.27. The Bertz CT molecular complexity index is 810. The van der Waals surface area contributed by atoms with Crippen LogP contribution in [0.2, 0.25) is 0 Å². The highest BCUT2D eigenvalue weighted by Gasteiger charge is 2.43. The number of rotatable bonds is 3. The average molecular weight is 374 g/mol. The minimum atomic E-state index is -0.597. The van der Waals surface area contributed by atoms with Crippen LogP contribution in [0.15, 0.2) is 36.7 Å². The van der Waals surface area contributed by atoms with E-state index in [9.17, 15) is 9.18 Å². The summed E-state index contributed by atoms with van der Waals surface area (Å²) in [6.45, 7) is 3.51. The second kappa shape index (κ2) is 7.38. The van der Waals surface area contributed by atoms with E-state index in [4.69, 9.17) is 9.47 Å². The Morgan fingerprint density at radius 2 is 2.07 bits per heavy atom. The second-order valence-electron chi connectivity index (χ2n) is 7.21. The number of hydrogen-bond donors (Lipinski definition) is 0. The molecule has 27 heavy (non-hydrogen) atoms. The Hall–Kier alpha value is -2.29. The molecule has 8 heteroatoms. The molecule has 7 nitrogen and oxygen atoms in total. The maximum atomic E-state index is 13.2. The van der Waals surface area contributed by atoms with E-state index < -0.39 is 5.60 Å². The Morgan fingerprint density at radius 1 is 1.26 bits per heavy atom. The molecule has 1 unspecified atom stereocenters. The molecule has 0 bridgehead atoms. The number of halogens is 1. The van der Waals surface area contributed by atoms with Gasteiger partial charge in [-0.1, -0.05) is 12.1 Å². The molecule has 2 aromatic rings. The van der Waals surface area contributed by atoms with Gasteiger partial charge in [-0.2, -0.15) is 5.10 Å². The average Bonchev–Trinajstić information content (AvgIpc) is 2.99. The molecule has 1 atom stereocenters. The van der Waals surface area contributed by atoms with E-state index in [1.165, 1.54) is 12.1 Å². The van der Waals surface area contributed by atoms with E-state index in [-0.39, 0.29) is 18.3 Å². The lowest BCUT2D eigenvalue weighted by Crippen LogP contribution is -2.60. The summed E-state index contributed by atoms with van der Waals surface area (Å²) in [7, 11) is 1.82. The van der Waals surface area contributed by atoms with E-state index in [2.05, 4.69) is 10.00 Å². The number of aromatic nitrogens is 2. The van der Waals surface area contributed by atoms with Crippen LogP contribution in [0, 0.1) is 5.82 Å². The second-order valence-corrected chi connectivity index (χ2v) is 7.21. The van der Waals surface area contributed by atoms with Crippen LogP contribution in [0.5, 0.6) is 0 Å². The predicted molar refractivity (Wildman–Crippen MR) is 96.7 cm³/mol. The number of hydrogen-bond acceptors (Lipinski definition) is 5. The first-order valence-electron chi connectivity index (χ1n) is 9.01. The molecule has 2 aliphatic heterocycles. The summed E-state index contributed by atoms with van der Waals surface area (Å²) >= 11 is 0. The van der Waals surface area contributed by atoms with Crippen LogP contribution >= 0.6 is 0 Å². The number of carbonyl (C=O) groups is 1. The van der Waals surface area contributed by atoms with Gasteiger partial charge in [0.05, 0.1) is 31.6 Å². The topological polar surface area (TPSA) is 59.8 Å². The first-order chi connectivity index (χ1) is 13.0. The summed E-state index contributed by atoms with van der Waals surface area (Å²) in [5.74, 6) is -0.321. The fraction of sp³-hybridized carbons (Fsp3) is 0.474. The largest absolute Gasteiger partial charge is 0.377 e. The number of benzene rings is 1. The van der Waals surface area contributed by atoms with Crippen LogP contribution in [0.1, 0.15) is 5.56 Å². The Labute approximate surface area is 157 Å². The molecule has 2 fully saturated rings. The molecule has 2 saturated heterocycles. The van der Waals surface area contributed by atoms with Gasteiger partial charge in [0.25, 0.3) is 5.91 Å². The molecule has 1 aromatic carbocycles. The van der Waals surface area contributed by atoms with E-state index in [0.717, 1.165) is 17.8 Å². The van der Waals surface area contributed by atoms with Crippen molar-refractivity contribution in [3.05, 3.63) is 48.0 Å². The zero-order chi connectivity index (χ0) is 18.9. The number of carbonyl (C=O) groups excluding carboxylic acids is 1. The van der Waals surface area contributed by atoms with E-state index in [1.54, 1.807) is 27.9 Å². The number of anilines is 1. The van der Waals surface area contributed by atoms with Crippen molar-refractivity contribution in [2.24, 2.45) is 7.05 Å². The zero-order valence-corrected chi connectivity index (χ0v) is 15.3. The van der Waals surface area contributed by atoms with Gasteiger partial charge in [-0.05, 0) is 17.7 Å². The number of nitrogens with zero attached hydrogens (tertiary/aromatic N) is 4. The molecular weight excluding hydrogens is 351 g/mol. The molecule has 0 saturated carbocycles. The maximum Gasteiger partial charge on any atom is 0.253 e. The fourth-order valence-electron chi connectivity index (χ4n) is 3.65. The molecule has 1 spiro atoms. The quantitative estimate of drug-likeness (QED) is 0.808. The fourth-order valence-corrected chi connectivity index (χ4v) is 3.65. The third-order valence-electron chi connectivity index (χ3n) is 5.00. The van der Waals surface area contributed by atoms with Gasteiger partial charge in [0, 0.05) is 32.9 Å². The SMILES string of the molecule is Cn1cc(N2CC3(COCCN(Cc4ccc(F)cc4)C3)OCC2=O)cn1. The van der Waals surface area contributed by atoms with Gasteiger partial charge in [-0.15, -0.1) is 0 Å². The Balaban J connectivity index is 1.51. The van der Waals surface area contributed by atoms with Crippen molar-refractivity contribution in [1.82, 2.24) is 14.7 Å². The summed E-state index contributed by atoms with van der Waals surface area (Å²) in [6.07, 6.45) is 3.51. The Morgan fingerprint density at radius 3 is 2.81 bits per heavy atom. The summed E-state index contributed by atoms with van der Waals surface area (Å²) in [6, 6.07) is 6.53. The lowest BCUT2D eigenvalue weighted by atomic mass is 10.0. The molecule has 2 aliphatic rings. The molecule has 4 rings (SSSR count). The molecule has 3 heterocycles. The maximum absolute atomic E-state index is 13.2. The third-order valence-corrected chi connectivity index (χ3v) is 5.00. The lowest BCUT2D eigenvalue weighted by Gasteiger charge is -2.42. The van der Waals surface area contributed by atoms with Crippen molar-refractivity contribution in [3.63, 3.8) is 0 Å². The molecule has 1 aromatic heterocycles. The van der Waals surface area contributed by atoms with E-state index >= 15 is 0 Å². The van der Waals surface area contributed by atoms with Crippen molar-refractivity contribution >= 4 is 11.6 Å². The molecule has 1 amide bonds. The van der Waals surface area contributed by atoms with Crippen LogP contribution < -0.4 is 4.90 Å². The lowest BCUT2D eigenvalue weighted by molar-refractivity contribution is -0.146. The zero-order valence-electron chi connectivity index (χ0n) is 15.3. The van der Waals surface area contributed by atoms with Gasteiger partial charge < -0.3 is 14.4 Å². The summed E-state index contributed by atoms with van der Waals surface area (Å²) in [4.78, 5) is 16.4. The molecular formula is C19H23FN4O3. The minimum absolute atomic E-state index is 0.0165. The normalized spacial score (nSPS) is 24.4. The molecule has 0 aliphatic carbocycles. The summed E-state index contributed by atoms with van der Waals surface area (Å²) < 4.78 is 26.6. The summed E-state index contributed by atoms with van der Waals surface area (Å²) in [5.41, 5.74) is 1.20. The van der Waals surface area contributed by atoms with Gasteiger partial charge in [-0.3, -0.25) is 14.4 Å². The predicted octanol–water partition coefficient (Wildman–Crippen LogP) is 1.19. The monoisotopic (exact) mass is 374 g/mol. The first-order valence-corrected chi connectivity index (χ1v) is 9.01. The number of aryl methyl sites for hydroxylation is 1. The van der Waals surface area contributed by atoms with Crippen molar-refractivity contribution in [2.45, 2.75) is 12.1 Å². The number of amides is 1. The van der Waals surface area contributed by atoms with Crippen molar-refractivity contribution in [1.29, 1.82) is 0 Å². The van der Waals surface area contributed by atoms with Gasteiger partial charge in [0.15, 0.2) is 0 Å². The highest BCUT2D eigenvalue weighted by molar-refractivity contribution is 5.94. The van der Waals surface area contributed by atoms with Crippen LogP contribution in [-0.2, 0) is 27.9 Å². The smallest absolute Gasteiger partial charge is 0.253 e. The highest BCUT2D eigenvalue weighted by atomic mass is 19.1. The number of morpholine rings is 1.